The fourth-order valence-corrected chi connectivity index (χ4v) is 1.69. The topological polar surface area (TPSA) is 38.9 Å². The van der Waals surface area contributed by atoms with Crippen molar-refractivity contribution in [2.45, 2.75) is 37.4 Å². The van der Waals surface area contributed by atoms with Crippen molar-refractivity contribution in [1.82, 2.24) is 4.98 Å². The quantitative estimate of drug-likeness (QED) is 0.823. The normalized spacial score (nSPS) is 12.7. The van der Waals surface area contributed by atoms with Crippen LogP contribution in [0.2, 0.25) is 0 Å². The summed E-state index contributed by atoms with van der Waals surface area (Å²) in [6.07, 6.45) is 8.18. The molecule has 1 heterocycles. The van der Waals surface area contributed by atoms with Crippen molar-refractivity contribution < 1.29 is 0 Å². The third-order valence-corrected chi connectivity index (χ3v) is 3.45. The molecule has 0 aliphatic heterocycles. The first-order chi connectivity index (χ1) is 6.74. The number of nitrogen functional groups attached to an aromatic ring is 1. The highest BCUT2D eigenvalue weighted by Crippen LogP contribution is 2.16. The zero-order valence-electron chi connectivity index (χ0n) is 8.54. The number of hydrogen-bond donors (Lipinski definition) is 1. The molecule has 1 aromatic rings. The SMILES string of the molecule is CCC(Br)CCCc1cnccc1N. The van der Waals surface area contributed by atoms with Gasteiger partial charge in [-0.1, -0.05) is 22.9 Å². The van der Waals surface area contributed by atoms with Crippen LogP contribution in [0.3, 0.4) is 0 Å². The van der Waals surface area contributed by atoms with Gasteiger partial charge >= 0.3 is 0 Å². The van der Waals surface area contributed by atoms with Crippen LogP contribution >= 0.6 is 15.9 Å². The van der Waals surface area contributed by atoms with E-state index < -0.39 is 0 Å². The van der Waals surface area contributed by atoms with Gasteiger partial charge < -0.3 is 5.73 Å². The number of anilines is 1. The number of halogens is 1. The molecular formula is C11H17BrN2. The minimum atomic E-state index is 0.639. The third-order valence-electron chi connectivity index (χ3n) is 2.35. The van der Waals surface area contributed by atoms with Crippen LogP contribution in [0.1, 0.15) is 31.7 Å². The Bertz CT molecular complexity index is 276. The number of nitrogens with two attached hydrogens (primary N) is 1. The second kappa shape index (κ2) is 6.02. The Hall–Kier alpha value is -0.570. The molecule has 1 aromatic heterocycles. The number of hydrogen-bond acceptors (Lipinski definition) is 2. The van der Waals surface area contributed by atoms with Gasteiger partial charge in [0.05, 0.1) is 0 Å². The Morgan fingerprint density at radius 3 is 3.00 bits per heavy atom. The fraction of sp³-hybridized carbons (Fsp3) is 0.545. The number of aromatic nitrogens is 1. The molecule has 1 rings (SSSR count). The minimum Gasteiger partial charge on any atom is -0.398 e. The van der Waals surface area contributed by atoms with Gasteiger partial charge in [0.1, 0.15) is 0 Å². The molecule has 0 aliphatic carbocycles. The Balaban J connectivity index is 2.35. The van der Waals surface area contributed by atoms with Crippen LogP contribution < -0.4 is 5.73 Å². The van der Waals surface area contributed by atoms with Crippen molar-refractivity contribution >= 4 is 21.6 Å². The second-order valence-electron chi connectivity index (χ2n) is 3.47. The number of nitrogens with zero attached hydrogens (tertiary/aromatic N) is 1. The van der Waals surface area contributed by atoms with Gasteiger partial charge in [-0.15, -0.1) is 0 Å². The lowest BCUT2D eigenvalue weighted by atomic mass is 10.1. The molecule has 0 fully saturated rings. The zero-order valence-corrected chi connectivity index (χ0v) is 10.1. The van der Waals surface area contributed by atoms with Crippen molar-refractivity contribution in [2.75, 3.05) is 5.73 Å². The predicted octanol–water partition coefficient (Wildman–Crippen LogP) is 3.16. The van der Waals surface area contributed by atoms with Gasteiger partial charge in [-0.2, -0.15) is 0 Å². The molecule has 1 unspecified atom stereocenters. The summed E-state index contributed by atoms with van der Waals surface area (Å²) in [7, 11) is 0. The van der Waals surface area contributed by atoms with Crippen LogP contribution in [-0.4, -0.2) is 9.81 Å². The number of aryl methyl sites for hydroxylation is 1. The summed E-state index contributed by atoms with van der Waals surface area (Å²) in [4.78, 5) is 4.71. The summed E-state index contributed by atoms with van der Waals surface area (Å²) in [5, 5.41) is 0. The van der Waals surface area contributed by atoms with E-state index in [0.29, 0.717) is 4.83 Å². The Morgan fingerprint density at radius 2 is 2.36 bits per heavy atom. The monoisotopic (exact) mass is 256 g/mol. The van der Waals surface area contributed by atoms with Gasteiger partial charge in [0, 0.05) is 22.9 Å². The van der Waals surface area contributed by atoms with Gasteiger partial charge in [-0.25, -0.2) is 0 Å². The smallest absolute Gasteiger partial charge is 0.0377 e. The Morgan fingerprint density at radius 1 is 1.57 bits per heavy atom. The van der Waals surface area contributed by atoms with Crippen molar-refractivity contribution in [1.29, 1.82) is 0 Å². The highest BCUT2D eigenvalue weighted by Gasteiger charge is 2.02. The van der Waals surface area contributed by atoms with Crippen molar-refractivity contribution in [3.63, 3.8) is 0 Å². The van der Waals surface area contributed by atoms with Crippen LogP contribution in [0.15, 0.2) is 18.5 Å². The van der Waals surface area contributed by atoms with E-state index in [4.69, 9.17) is 5.73 Å². The van der Waals surface area contributed by atoms with Gasteiger partial charge in [0.2, 0.25) is 0 Å². The average molecular weight is 257 g/mol. The Labute approximate surface area is 94.0 Å². The lowest BCUT2D eigenvalue weighted by molar-refractivity contribution is 0.689. The molecule has 0 saturated carbocycles. The average Bonchev–Trinajstić information content (AvgIpc) is 2.20. The first-order valence-corrected chi connectivity index (χ1v) is 5.98. The third kappa shape index (κ3) is 3.66. The maximum Gasteiger partial charge on any atom is 0.0377 e. The van der Waals surface area contributed by atoms with E-state index in [9.17, 15) is 0 Å². The van der Waals surface area contributed by atoms with E-state index in [1.165, 1.54) is 24.8 Å². The van der Waals surface area contributed by atoms with E-state index in [-0.39, 0.29) is 0 Å². The van der Waals surface area contributed by atoms with Gasteiger partial charge in [0.15, 0.2) is 0 Å². The molecule has 0 saturated heterocycles. The van der Waals surface area contributed by atoms with Gasteiger partial charge in [0.25, 0.3) is 0 Å². The van der Waals surface area contributed by atoms with E-state index in [2.05, 4.69) is 27.8 Å². The predicted molar refractivity (Wildman–Crippen MR) is 64.6 cm³/mol. The number of pyridine rings is 1. The number of rotatable bonds is 5. The van der Waals surface area contributed by atoms with E-state index in [1.807, 2.05) is 12.3 Å². The molecule has 14 heavy (non-hydrogen) atoms. The highest BCUT2D eigenvalue weighted by molar-refractivity contribution is 9.09. The summed E-state index contributed by atoms with van der Waals surface area (Å²) in [6, 6.07) is 1.86. The number of alkyl halides is 1. The highest BCUT2D eigenvalue weighted by atomic mass is 79.9. The lowest BCUT2D eigenvalue weighted by Crippen LogP contribution is -1.99. The molecule has 0 amide bonds. The summed E-state index contributed by atoms with van der Waals surface area (Å²) in [6.45, 7) is 2.19. The molecule has 0 radical (unpaired) electrons. The molecule has 0 aromatic carbocycles. The maximum absolute atomic E-state index is 5.82. The summed E-state index contributed by atoms with van der Waals surface area (Å²) in [5.74, 6) is 0. The molecule has 2 N–H and O–H groups in total. The van der Waals surface area contributed by atoms with Crippen LogP contribution in [0, 0.1) is 0 Å². The largest absolute Gasteiger partial charge is 0.398 e. The molecule has 0 spiro atoms. The van der Waals surface area contributed by atoms with Crippen molar-refractivity contribution in [3.8, 4) is 0 Å². The standard InChI is InChI=1S/C11H17BrN2/c1-2-10(12)5-3-4-9-8-14-7-6-11(9)13/h6-8,10H,2-5H2,1H3,(H2,13,14). The second-order valence-corrected chi connectivity index (χ2v) is 4.77. The molecular weight excluding hydrogens is 240 g/mol. The first-order valence-electron chi connectivity index (χ1n) is 5.06. The zero-order chi connectivity index (χ0) is 10.4. The van der Waals surface area contributed by atoms with Crippen LogP contribution in [0.25, 0.3) is 0 Å². The summed E-state index contributed by atoms with van der Waals surface area (Å²) in [5.41, 5.74) is 7.85. The molecule has 3 heteroatoms. The first kappa shape index (κ1) is 11.5. The van der Waals surface area contributed by atoms with Crippen molar-refractivity contribution in [3.05, 3.63) is 24.0 Å². The van der Waals surface area contributed by atoms with Crippen molar-refractivity contribution in [2.24, 2.45) is 0 Å². The van der Waals surface area contributed by atoms with Crippen LogP contribution in [0.5, 0.6) is 0 Å². The summed E-state index contributed by atoms with van der Waals surface area (Å²) >= 11 is 3.62. The molecule has 78 valence electrons. The van der Waals surface area contributed by atoms with Gasteiger partial charge in [-0.3, -0.25) is 4.98 Å². The maximum atomic E-state index is 5.82. The van der Waals surface area contributed by atoms with Crippen LogP contribution in [0.4, 0.5) is 5.69 Å². The minimum absolute atomic E-state index is 0.639. The molecule has 0 bridgehead atoms. The Kier molecular flexibility index (Phi) is 4.94. The fourth-order valence-electron chi connectivity index (χ4n) is 1.36. The molecule has 2 nitrogen and oxygen atoms in total. The van der Waals surface area contributed by atoms with E-state index >= 15 is 0 Å². The van der Waals surface area contributed by atoms with E-state index in [1.54, 1.807) is 6.20 Å². The van der Waals surface area contributed by atoms with Crippen LogP contribution in [-0.2, 0) is 6.42 Å². The van der Waals surface area contributed by atoms with E-state index in [0.717, 1.165) is 12.1 Å². The lowest BCUT2D eigenvalue weighted by Gasteiger charge is -2.07. The van der Waals surface area contributed by atoms with Gasteiger partial charge in [-0.05, 0) is 37.3 Å². The molecule has 0 aliphatic rings. The molecule has 1 atom stereocenters. The summed E-state index contributed by atoms with van der Waals surface area (Å²) < 4.78 is 0.